The Labute approximate surface area is 129 Å². The molecule has 1 fully saturated rings. The average Bonchev–Trinajstić information content (AvgIpc) is 2.53. The van der Waals surface area contributed by atoms with Crippen molar-refractivity contribution < 1.29 is 9.52 Å². The molecule has 1 aliphatic rings. The van der Waals surface area contributed by atoms with E-state index in [4.69, 9.17) is 4.42 Å². The molecule has 1 saturated heterocycles. The van der Waals surface area contributed by atoms with Crippen LogP contribution in [0.2, 0.25) is 0 Å². The molecular weight excluding hydrogens is 280 g/mol. The molecule has 5 heteroatoms. The van der Waals surface area contributed by atoms with Gasteiger partial charge >= 0.3 is 0 Å². The second-order valence-electron chi connectivity index (χ2n) is 5.69. The minimum absolute atomic E-state index is 0.340. The van der Waals surface area contributed by atoms with Gasteiger partial charge in [-0.15, -0.1) is 0 Å². The molecule has 0 saturated carbocycles. The van der Waals surface area contributed by atoms with Gasteiger partial charge in [0.25, 0.3) is 0 Å². The lowest BCUT2D eigenvalue weighted by atomic mass is 10.2. The number of nitrogens with zero attached hydrogens (tertiary/aromatic N) is 2. The van der Waals surface area contributed by atoms with Crippen LogP contribution in [0.1, 0.15) is 11.3 Å². The van der Waals surface area contributed by atoms with E-state index in [1.807, 2.05) is 0 Å². The standard InChI is InChI=1S/C17H20N2O3/c1-13-2-4-14(5-3-13)19-8-6-18(7-9-19)11-15-10-16(20)17(21)12-22-15/h2-5,10,12,21H,6-9,11H2,1H3. The summed E-state index contributed by atoms with van der Waals surface area (Å²) < 4.78 is 5.26. The summed E-state index contributed by atoms with van der Waals surface area (Å²) in [6.07, 6.45) is 1.11. The predicted molar refractivity (Wildman–Crippen MR) is 85.3 cm³/mol. The van der Waals surface area contributed by atoms with Crippen LogP contribution in [0, 0.1) is 6.92 Å². The molecule has 0 spiro atoms. The Morgan fingerprint density at radius 3 is 2.45 bits per heavy atom. The molecule has 3 rings (SSSR count). The van der Waals surface area contributed by atoms with E-state index in [-0.39, 0.29) is 11.2 Å². The zero-order valence-electron chi connectivity index (χ0n) is 12.7. The Morgan fingerprint density at radius 2 is 1.82 bits per heavy atom. The van der Waals surface area contributed by atoms with Crippen molar-refractivity contribution in [3.63, 3.8) is 0 Å². The molecule has 0 unspecified atom stereocenters. The molecule has 0 atom stereocenters. The van der Waals surface area contributed by atoms with Crippen molar-refractivity contribution >= 4 is 5.69 Å². The van der Waals surface area contributed by atoms with Crippen molar-refractivity contribution in [2.45, 2.75) is 13.5 Å². The Balaban J connectivity index is 1.58. The van der Waals surface area contributed by atoms with Crippen LogP contribution in [0.15, 0.2) is 45.8 Å². The SMILES string of the molecule is Cc1ccc(N2CCN(Cc3cc(=O)c(O)co3)CC2)cc1. The lowest BCUT2D eigenvalue weighted by Crippen LogP contribution is -2.46. The van der Waals surface area contributed by atoms with Crippen LogP contribution in [0.5, 0.6) is 5.75 Å². The Kier molecular flexibility index (Phi) is 4.15. The highest BCUT2D eigenvalue weighted by atomic mass is 16.4. The molecule has 0 radical (unpaired) electrons. The first-order valence-corrected chi connectivity index (χ1v) is 7.46. The molecular formula is C17H20N2O3. The number of benzene rings is 1. The summed E-state index contributed by atoms with van der Waals surface area (Å²) in [6.45, 7) is 6.41. The highest BCUT2D eigenvalue weighted by Crippen LogP contribution is 2.18. The molecule has 1 aromatic heterocycles. The Hall–Kier alpha value is -2.27. The highest BCUT2D eigenvalue weighted by molar-refractivity contribution is 5.47. The fourth-order valence-electron chi connectivity index (χ4n) is 2.67. The fraction of sp³-hybridized carbons (Fsp3) is 0.353. The smallest absolute Gasteiger partial charge is 0.226 e. The summed E-state index contributed by atoms with van der Waals surface area (Å²) in [5, 5.41) is 9.20. The van der Waals surface area contributed by atoms with Gasteiger partial charge in [0.1, 0.15) is 12.0 Å². The van der Waals surface area contributed by atoms with Gasteiger partial charge in [0.05, 0.1) is 6.54 Å². The minimum Gasteiger partial charge on any atom is -0.502 e. The number of hydrogen-bond donors (Lipinski definition) is 1. The molecule has 22 heavy (non-hydrogen) atoms. The lowest BCUT2D eigenvalue weighted by Gasteiger charge is -2.35. The van der Waals surface area contributed by atoms with Crippen molar-refractivity contribution in [2.75, 3.05) is 31.1 Å². The van der Waals surface area contributed by atoms with Gasteiger partial charge in [0.15, 0.2) is 5.75 Å². The Bertz CT molecular complexity index is 686. The van der Waals surface area contributed by atoms with Crippen LogP contribution in [0.25, 0.3) is 0 Å². The van der Waals surface area contributed by atoms with E-state index < -0.39 is 0 Å². The quantitative estimate of drug-likeness (QED) is 0.939. The van der Waals surface area contributed by atoms with E-state index in [0.717, 1.165) is 32.4 Å². The van der Waals surface area contributed by atoms with Gasteiger partial charge in [-0.3, -0.25) is 9.69 Å². The predicted octanol–water partition coefficient (Wildman–Crippen LogP) is 1.98. The molecule has 5 nitrogen and oxygen atoms in total. The third-order valence-corrected chi connectivity index (χ3v) is 4.02. The van der Waals surface area contributed by atoms with E-state index >= 15 is 0 Å². The monoisotopic (exact) mass is 300 g/mol. The van der Waals surface area contributed by atoms with Crippen molar-refractivity contribution in [1.82, 2.24) is 4.90 Å². The van der Waals surface area contributed by atoms with E-state index in [0.29, 0.717) is 12.3 Å². The van der Waals surface area contributed by atoms with Gasteiger partial charge < -0.3 is 14.4 Å². The number of rotatable bonds is 3. The number of aryl methyl sites for hydroxylation is 1. The van der Waals surface area contributed by atoms with E-state index in [9.17, 15) is 9.90 Å². The van der Waals surface area contributed by atoms with Gasteiger partial charge in [-0.1, -0.05) is 17.7 Å². The van der Waals surface area contributed by atoms with Crippen LogP contribution in [-0.2, 0) is 6.54 Å². The van der Waals surface area contributed by atoms with Crippen LogP contribution in [0.4, 0.5) is 5.69 Å². The third kappa shape index (κ3) is 3.31. The molecule has 0 bridgehead atoms. The van der Waals surface area contributed by atoms with E-state index in [1.165, 1.54) is 17.3 Å². The molecule has 1 aromatic carbocycles. The van der Waals surface area contributed by atoms with Gasteiger partial charge in [-0.25, -0.2) is 0 Å². The second-order valence-corrected chi connectivity index (χ2v) is 5.69. The number of piperazine rings is 1. The maximum Gasteiger partial charge on any atom is 0.226 e. The first-order valence-electron chi connectivity index (χ1n) is 7.46. The van der Waals surface area contributed by atoms with E-state index in [1.54, 1.807) is 0 Å². The molecule has 1 N–H and O–H groups in total. The third-order valence-electron chi connectivity index (χ3n) is 4.02. The van der Waals surface area contributed by atoms with Gasteiger partial charge in [0, 0.05) is 37.9 Å². The number of aromatic hydroxyl groups is 1. The summed E-state index contributed by atoms with van der Waals surface area (Å²) in [7, 11) is 0. The van der Waals surface area contributed by atoms with Crippen LogP contribution in [0.3, 0.4) is 0 Å². The van der Waals surface area contributed by atoms with Crippen molar-refractivity contribution in [1.29, 1.82) is 0 Å². The molecule has 2 heterocycles. The van der Waals surface area contributed by atoms with Crippen molar-refractivity contribution in [3.8, 4) is 5.75 Å². The largest absolute Gasteiger partial charge is 0.502 e. The van der Waals surface area contributed by atoms with Gasteiger partial charge in [-0.2, -0.15) is 0 Å². The van der Waals surface area contributed by atoms with Crippen molar-refractivity contribution in [2.24, 2.45) is 0 Å². The first kappa shape index (κ1) is 14.7. The molecule has 1 aliphatic heterocycles. The van der Waals surface area contributed by atoms with Crippen LogP contribution in [-0.4, -0.2) is 36.2 Å². The van der Waals surface area contributed by atoms with Crippen LogP contribution >= 0.6 is 0 Å². The normalized spacial score (nSPS) is 16.0. The molecule has 2 aromatic rings. The van der Waals surface area contributed by atoms with Crippen molar-refractivity contribution in [3.05, 3.63) is 58.1 Å². The maximum absolute atomic E-state index is 11.4. The average molecular weight is 300 g/mol. The molecule has 116 valence electrons. The summed E-state index contributed by atoms with van der Waals surface area (Å²) in [4.78, 5) is 16.0. The van der Waals surface area contributed by atoms with E-state index in [2.05, 4.69) is 41.0 Å². The second kappa shape index (κ2) is 6.23. The summed E-state index contributed by atoms with van der Waals surface area (Å²) in [6, 6.07) is 9.94. The topological polar surface area (TPSA) is 56.9 Å². The number of hydrogen-bond acceptors (Lipinski definition) is 5. The molecule has 0 aliphatic carbocycles. The molecule has 0 amide bonds. The zero-order valence-corrected chi connectivity index (χ0v) is 12.7. The summed E-state index contributed by atoms with van der Waals surface area (Å²) in [5.41, 5.74) is 2.13. The fourth-order valence-corrected chi connectivity index (χ4v) is 2.67. The first-order chi connectivity index (χ1) is 10.6. The summed E-state index contributed by atoms with van der Waals surface area (Å²) in [5.74, 6) is 0.250. The highest BCUT2D eigenvalue weighted by Gasteiger charge is 2.18. The Morgan fingerprint density at radius 1 is 1.14 bits per heavy atom. The van der Waals surface area contributed by atoms with Gasteiger partial charge in [-0.05, 0) is 19.1 Å². The van der Waals surface area contributed by atoms with Gasteiger partial charge in [0.2, 0.25) is 5.43 Å². The van der Waals surface area contributed by atoms with Crippen LogP contribution < -0.4 is 10.3 Å². The lowest BCUT2D eigenvalue weighted by molar-refractivity contribution is 0.227. The summed E-state index contributed by atoms with van der Waals surface area (Å²) >= 11 is 0. The maximum atomic E-state index is 11.4. The zero-order chi connectivity index (χ0) is 15.5. The minimum atomic E-state index is -0.389. The number of anilines is 1.